The Morgan fingerprint density at radius 2 is 1.90 bits per heavy atom. The Balaban J connectivity index is 2.03. The molecule has 0 heterocycles. The molecule has 1 amide bonds. The second-order valence-corrected chi connectivity index (χ2v) is 5.25. The zero-order chi connectivity index (χ0) is 14.5. The van der Waals surface area contributed by atoms with Crippen LogP contribution in [0.15, 0.2) is 48.5 Å². The summed E-state index contributed by atoms with van der Waals surface area (Å²) in [4.78, 5) is 12.0. The molecule has 0 aliphatic carbocycles. The van der Waals surface area contributed by atoms with Crippen molar-refractivity contribution >= 4 is 17.3 Å². The van der Waals surface area contributed by atoms with Crippen molar-refractivity contribution in [2.75, 3.05) is 11.1 Å². The predicted octanol–water partition coefficient (Wildman–Crippen LogP) is 3.57. The molecule has 0 bridgehead atoms. The summed E-state index contributed by atoms with van der Waals surface area (Å²) in [5.74, 6) is 0.414. The van der Waals surface area contributed by atoms with Gasteiger partial charge in [0.05, 0.1) is 6.42 Å². The summed E-state index contributed by atoms with van der Waals surface area (Å²) in [6.07, 6.45) is 0.330. The molecule has 104 valence electrons. The quantitative estimate of drug-likeness (QED) is 0.833. The van der Waals surface area contributed by atoms with Gasteiger partial charge in [-0.15, -0.1) is 0 Å². The minimum Gasteiger partial charge on any atom is -0.399 e. The average Bonchev–Trinajstić information content (AvgIpc) is 2.38. The fourth-order valence-electron chi connectivity index (χ4n) is 2.07. The van der Waals surface area contributed by atoms with E-state index >= 15 is 0 Å². The van der Waals surface area contributed by atoms with Gasteiger partial charge in [-0.25, -0.2) is 0 Å². The number of hydrogen-bond acceptors (Lipinski definition) is 2. The molecule has 0 saturated heterocycles. The molecule has 0 aliphatic heterocycles. The number of nitrogens with two attached hydrogens (primary N) is 1. The van der Waals surface area contributed by atoms with Crippen LogP contribution in [0.3, 0.4) is 0 Å². The summed E-state index contributed by atoms with van der Waals surface area (Å²) in [5.41, 5.74) is 9.36. The van der Waals surface area contributed by atoms with Crippen LogP contribution in [0.5, 0.6) is 0 Å². The fraction of sp³-hybridized carbons (Fsp3) is 0.235. The highest BCUT2D eigenvalue weighted by molar-refractivity contribution is 5.92. The van der Waals surface area contributed by atoms with Crippen LogP contribution in [0.25, 0.3) is 0 Å². The van der Waals surface area contributed by atoms with Crippen molar-refractivity contribution in [2.45, 2.75) is 26.2 Å². The van der Waals surface area contributed by atoms with Crippen molar-refractivity contribution in [1.29, 1.82) is 0 Å². The van der Waals surface area contributed by atoms with Gasteiger partial charge in [0.15, 0.2) is 0 Å². The van der Waals surface area contributed by atoms with Gasteiger partial charge in [0, 0.05) is 11.4 Å². The molecule has 2 aromatic carbocycles. The first-order valence-corrected chi connectivity index (χ1v) is 6.79. The molecule has 0 atom stereocenters. The predicted molar refractivity (Wildman–Crippen MR) is 83.7 cm³/mol. The van der Waals surface area contributed by atoms with E-state index in [1.807, 2.05) is 42.5 Å². The molecule has 2 aromatic rings. The molecule has 20 heavy (non-hydrogen) atoms. The molecule has 0 radical (unpaired) electrons. The van der Waals surface area contributed by atoms with E-state index in [-0.39, 0.29) is 5.91 Å². The monoisotopic (exact) mass is 268 g/mol. The Kier molecular flexibility index (Phi) is 4.41. The SMILES string of the molecule is CC(C)c1cccc(NC(=O)Cc2cccc(N)c2)c1. The Labute approximate surface area is 119 Å². The molecular weight excluding hydrogens is 248 g/mol. The molecule has 0 aromatic heterocycles. The highest BCUT2D eigenvalue weighted by Gasteiger charge is 2.06. The number of benzene rings is 2. The smallest absolute Gasteiger partial charge is 0.228 e. The van der Waals surface area contributed by atoms with E-state index in [0.717, 1.165) is 11.3 Å². The lowest BCUT2D eigenvalue weighted by Gasteiger charge is -2.09. The van der Waals surface area contributed by atoms with Gasteiger partial charge in [0.1, 0.15) is 0 Å². The Morgan fingerprint density at radius 1 is 1.15 bits per heavy atom. The number of hydrogen-bond donors (Lipinski definition) is 2. The second-order valence-electron chi connectivity index (χ2n) is 5.25. The topological polar surface area (TPSA) is 55.1 Å². The van der Waals surface area contributed by atoms with Crippen LogP contribution in [0.2, 0.25) is 0 Å². The van der Waals surface area contributed by atoms with Gasteiger partial charge in [-0.1, -0.05) is 38.1 Å². The maximum Gasteiger partial charge on any atom is 0.228 e. The average molecular weight is 268 g/mol. The Morgan fingerprint density at radius 3 is 2.60 bits per heavy atom. The standard InChI is InChI=1S/C17H20N2O/c1-12(2)14-6-4-8-16(11-14)19-17(20)10-13-5-3-7-15(18)9-13/h3-9,11-12H,10,18H2,1-2H3,(H,19,20). The number of nitrogen functional groups attached to an aromatic ring is 1. The molecular formula is C17H20N2O. The van der Waals surface area contributed by atoms with E-state index in [2.05, 4.69) is 25.2 Å². The summed E-state index contributed by atoms with van der Waals surface area (Å²) in [7, 11) is 0. The Bertz CT molecular complexity index is 605. The molecule has 0 unspecified atom stereocenters. The summed E-state index contributed by atoms with van der Waals surface area (Å²) in [5, 5.41) is 2.93. The minimum atomic E-state index is -0.0310. The van der Waals surface area contributed by atoms with E-state index in [0.29, 0.717) is 18.0 Å². The van der Waals surface area contributed by atoms with Crippen LogP contribution in [0, 0.1) is 0 Å². The number of rotatable bonds is 4. The largest absolute Gasteiger partial charge is 0.399 e. The van der Waals surface area contributed by atoms with Crippen LogP contribution < -0.4 is 11.1 Å². The van der Waals surface area contributed by atoms with Crippen LogP contribution >= 0.6 is 0 Å². The third-order valence-corrected chi connectivity index (χ3v) is 3.15. The van der Waals surface area contributed by atoms with Crippen molar-refractivity contribution in [1.82, 2.24) is 0 Å². The first kappa shape index (κ1) is 14.1. The van der Waals surface area contributed by atoms with Crippen LogP contribution in [-0.4, -0.2) is 5.91 Å². The van der Waals surface area contributed by atoms with E-state index in [4.69, 9.17) is 5.73 Å². The maximum absolute atomic E-state index is 12.0. The summed E-state index contributed by atoms with van der Waals surface area (Å²) < 4.78 is 0. The van der Waals surface area contributed by atoms with Crippen molar-refractivity contribution in [3.8, 4) is 0 Å². The first-order chi connectivity index (χ1) is 9.54. The molecule has 0 aliphatic rings. The van der Waals surface area contributed by atoms with Crippen molar-refractivity contribution in [2.24, 2.45) is 0 Å². The highest BCUT2D eigenvalue weighted by atomic mass is 16.1. The zero-order valence-electron chi connectivity index (χ0n) is 11.9. The van der Waals surface area contributed by atoms with Crippen molar-refractivity contribution in [3.05, 3.63) is 59.7 Å². The molecule has 0 spiro atoms. The lowest BCUT2D eigenvalue weighted by molar-refractivity contribution is -0.115. The number of carbonyl (C=O) groups excluding carboxylic acids is 1. The van der Waals surface area contributed by atoms with Gasteiger partial charge >= 0.3 is 0 Å². The fourth-order valence-corrected chi connectivity index (χ4v) is 2.07. The molecule has 0 saturated carbocycles. The Hall–Kier alpha value is -2.29. The third kappa shape index (κ3) is 3.85. The molecule has 0 fully saturated rings. The van der Waals surface area contributed by atoms with Crippen LogP contribution in [0.4, 0.5) is 11.4 Å². The summed E-state index contributed by atoms with van der Waals surface area (Å²) in [6, 6.07) is 15.4. The number of carbonyl (C=O) groups is 1. The van der Waals surface area contributed by atoms with Crippen molar-refractivity contribution in [3.63, 3.8) is 0 Å². The molecule has 3 heteroatoms. The van der Waals surface area contributed by atoms with Crippen LogP contribution in [0.1, 0.15) is 30.9 Å². The lowest BCUT2D eigenvalue weighted by atomic mass is 10.0. The third-order valence-electron chi connectivity index (χ3n) is 3.15. The number of nitrogens with one attached hydrogen (secondary N) is 1. The van der Waals surface area contributed by atoms with E-state index < -0.39 is 0 Å². The molecule has 2 rings (SSSR count). The first-order valence-electron chi connectivity index (χ1n) is 6.79. The van der Waals surface area contributed by atoms with Gasteiger partial charge < -0.3 is 11.1 Å². The van der Waals surface area contributed by atoms with E-state index in [1.54, 1.807) is 0 Å². The second kappa shape index (κ2) is 6.24. The zero-order valence-corrected chi connectivity index (χ0v) is 11.9. The molecule has 3 nitrogen and oxygen atoms in total. The maximum atomic E-state index is 12.0. The van der Waals surface area contributed by atoms with E-state index in [9.17, 15) is 4.79 Å². The lowest BCUT2D eigenvalue weighted by Crippen LogP contribution is -2.14. The highest BCUT2D eigenvalue weighted by Crippen LogP contribution is 2.18. The van der Waals surface area contributed by atoms with Crippen molar-refractivity contribution < 1.29 is 4.79 Å². The summed E-state index contributed by atoms with van der Waals surface area (Å²) >= 11 is 0. The van der Waals surface area contributed by atoms with Gasteiger partial charge in [0.25, 0.3) is 0 Å². The van der Waals surface area contributed by atoms with Crippen LogP contribution in [-0.2, 0) is 11.2 Å². The summed E-state index contributed by atoms with van der Waals surface area (Å²) in [6.45, 7) is 4.27. The minimum absolute atomic E-state index is 0.0310. The van der Waals surface area contributed by atoms with Gasteiger partial charge in [0.2, 0.25) is 5.91 Å². The van der Waals surface area contributed by atoms with E-state index in [1.165, 1.54) is 5.56 Å². The number of amides is 1. The van der Waals surface area contributed by atoms with Gasteiger partial charge in [-0.2, -0.15) is 0 Å². The van der Waals surface area contributed by atoms with Gasteiger partial charge in [-0.3, -0.25) is 4.79 Å². The van der Waals surface area contributed by atoms with Gasteiger partial charge in [-0.05, 0) is 41.3 Å². The molecule has 3 N–H and O–H groups in total. The normalized spacial score (nSPS) is 10.6. The number of anilines is 2.